The second kappa shape index (κ2) is 5.22. The number of hydrogen-bond donors (Lipinski definition) is 0. The van der Waals surface area contributed by atoms with Gasteiger partial charge >= 0.3 is 0 Å². The average Bonchev–Trinajstić information content (AvgIpc) is 2.20. The highest BCUT2D eigenvalue weighted by atomic mass is 28.3. The van der Waals surface area contributed by atoms with Gasteiger partial charge in [-0.3, -0.25) is 4.79 Å². The molecular formula is C15H24OSi. The number of hydrogen-bond acceptors (Lipinski definition) is 1. The molecule has 0 amide bonds. The molecule has 0 unspecified atom stereocenters. The number of carbonyl (C=O) groups is 1. The maximum Gasteiger partial charge on any atom is 0.158 e. The van der Waals surface area contributed by atoms with E-state index in [-0.39, 0.29) is 11.2 Å². The Hall–Kier alpha value is -0.813. The van der Waals surface area contributed by atoms with Gasteiger partial charge in [-0.25, -0.2) is 0 Å². The molecule has 1 fully saturated rings. The fraction of sp³-hybridized carbons (Fsp3) is 0.667. The number of Topliss-reactive ketones (excluding diaryl/α,β-unsaturated/α-hetero) is 1. The summed E-state index contributed by atoms with van der Waals surface area (Å²) in [5, 5.41) is 0. The van der Waals surface area contributed by atoms with Gasteiger partial charge in [0, 0.05) is 12.8 Å². The van der Waals surface area contributed by atoms with E-state index < -0.39 is 8.07 Å². The van der Waals surface area contributed by atoms with Crippen molar-refractivity contribution < 1.29 is 4.79 Å². The van der Waals surface area contributed by atoms with Crippen LogP contribution in [-0.2, 0) is 4.79 Å². The van der Waals surface area contributed by atoms with Gasteiger partial charge in [0.05, 0.1) is 0 Å². The molecule has 1 saturated carbocycles. The Morgan fingerprint density at radius 3 is 2.65 bits per heavy atom. The predicted molar refractivity (Wildman–Crippen MR) is 76.5 cm³/mol. The molecule has 1 rings (SSSR count). The zero-order valence-corrected chi connectivity index (χ0v) is 12.7. The van der Waals surface area contributed by atoms with Gasteiger partial charge in [0.15, 0.2) is 5.78 Å². The van der Waals surface area contributed by atoms with Crippen LogP contribution in [-0.4, -0.2) is 13.9 Å². The quantitative estimate of drug-likeness (QED) is 0.411. The molecule has 0 aromatic heterocycles. The van der Waals surface area contributed by atoms with Crippen LogP contribution in [0.3, 0.4) is 0 Å². The van der Waals surface area contributed by atoms with E-state index in [1.54, 1.807) is 0 Å². The first-order valence-corrected chi connectivity index (χ1v) is 9.97. The molecule has 0 saturated heterocycles. The van der Waals surface area contributed by atoms with E-state index in [0.717, 1.165) is 31.3 Å². The lowest BCUT2D eigenvalue weighted by Gasteiger charge is -2.34. The Morgan fingerprint density at radius 1 is 1.41 bits per heavy atom. The predicted octanol–water partition coefficient (Wildman–Crippen LogP) is 3.96. The number of ketones is 1. The molecule has 94 valence electrons. The summed E-state index contributed by atoms with van der Waals surface area (Å²) in [5.74, 6) is 3.55. The normalized spacial score (nSPS) is 25.4. The fourth-order valence-electron chi connectivity index (χ4n) is 2.22. The monoisotopic (exact) mass is 248 g/mol. The molecular weight excluding hydrogens is 224 g/mol. The van der Waals surface area contributed by atoms with Gasteiger partial charge in [0.25, 0.3) is 0 Å². The lowest BCUT2D eigenvalue weighted by molar-refractivity contribution is -0.118. The molecule has 0 heterocycles. The summed E-state index contributed by atoms with van der Waals surface area (Å²) in [5.41, 5.74) is 4.21. The van der Waals surface area contributed by atoms with Gasteiger partial charge in [0.2, 0.25) is 0 Å². The van der Waals surface area contributed by atoms with Crippen LogP contribution < -0.4 is 0 Å². The minimum Gasteiger partial charge on any atom is -0.295 e. The van der Waals surface area contributed by atoms with Gasteiger partial charge in [-0.15, -0.1) is 11.5 Å². The maximum atomic E-state index is 11.7. The Kier molecular flexibility index (Phi) is 4.38. The van der Waals surface area contributed by atoms with E-state index in [4.69, 9.17) is 0 Å². The van der Waals surface area contributed by atoms with Gasteiger partial charge in [-0.05, 0) is 30.3 Å². The van der Waals surface area contributed by atoms with Crippen molar-refractivity contribution in [2.75, 3.05) is 0 Å². The highest BCUT2D eigenvalue weighted by Gasteiger charge is 2.34. The highest BCUT2D eigenvalue weighted by molar-refractivity contribution is 6.83. The third kappa shape index (κ3) is 4.16. The number of allylic oxidation sites excluding steroid dienone is 1. The fourth-order valence-corrected chi connectivity index (χ4v) is 2.87. The molecule has 0 radical (unpaired) electrons. The molecule has 0 aromatic rings. The van der Waals surface area contributed by atoms with Gasteiger partial charge < -0.3 is 0 Å². The van der Waals surface area contributed by atoms with Crippen molar-refractivity contribution in [3.05, 3.63) is 12.2 Å². The van der Waals surface area contributed by atoms with Crippen molar-refractivity contribution in [3.8, 4) is 11.5 Å². The van der Waals surface area contributed by atoms with Crippen molar-refractivity contribution in [1.29, 1.82) is 0 Å². The summed E-state index contributed by atoms with van der Waals surface area (Å²) in [6.45, 7) is 12.9. The lowest BCUT2D eigenvalue weighted by Crippen LogP contribution is -2.28. The summed E-state index contributed by atoms with van der Waals surface area (Å²) in [6, 6.07) is 0. The van der Waals surface area contributed by atoms with Crippen LogP contribution in [0.25, 0.3) is 0 Å². The zero-order valence-electron chi connectivity index (χ0n) is 11.7. The van der Waals surface area contributed by atoms with Gasteiger partial charge in [0.1, 0.15) is 8.07 Å². The molecule has 1 aliphatic carbocycles. The molecule has 0 spiro atoms. The van der Waals surface area contributed by atoms with E-state index in [1.165, 1.54) is 0 Å². The topological polar surface area (TPSA) is 17.1 Å². The van der Waals surface area contributed by atoms with Crippen molar-refractivity contribution in [3.63, 3.8) is 0 Å². The first-order chi connectivity index (χ1) is 7.75. The first-order valence-electron chi connectivity index (χ1n) is 6.47. The smallest absolute Gasteiger partial charge is 0.158 e. The first kappa shape index (κ1) is 14.2. The van der Waals surface area contributed by atoms with Crippen molar-refractivity contribution >= 4 is 13.9 Å². The summed E-state index contributed by atoms with van der Waals surface area (Å²) in [6.07, 6.45) is 4.67. The molecule has 0 aliphatic heterocycles. The summed E-state index contributed by atoms with van der Waals surface area (Å²) in [4.78, 5) is 11.7. The number of rotatable bonds is 2. The SMILES string of the molecule is C=C1C(=O)CCC[C@@]1(C)CCC#C[Si](C)(C)C. The van der Waals surface area contributed by atoms with Crippen LogP contribution in [0.4, 0.5) is 0 Å². The minimum atomic E-state index is -1.25. The third-order valence-corrected chi connectivity index (χ3v) is 4.39. The largest absolute Gasteiger partial charge is 0.295 e. The van der Waals surface area contributed by atoms with Crippen LogP contribution >= 0.6 is 0 Å². The molecule has 0 bridgehead atoms. The lowest BCUT2D eigenvalue weighted by atomic mass is 9.69. The maximum absolute atomic E-state index is 11.7. The minimum absolute atomic E-state index is 0.00343. The van der Waals surface area contributed by atoms with E-state index in [0.29, 0.717) is 6.42 Å². The van der Waals surface area contributed by atoms with Crippen LogP contribution in [0.15, 0.2) is 12.2 Å². The van der Waals surface area contributed by atoms with E-state index >= 15 is 0 Å². The Morgan fingerprint density at radius 2 is 2.06 bits per heavy atom. The molecule has 1 nitrogen and oxygen atoms in total. The second-order valence-electron chi connectivity index (χ2n) is 6.37. The average molecular weight is 248 g/mol. The van der Waals surface area contributed by atoms with Crippen LogP contribution in [0, 0.1) is 16.9 Å². The van der Waals surface area contributed by atoms with Crippen molar-refractivity contribution in [1.82, 2.24) is 0 Å². The Balaban J connectivity index is 2.58. The Bertz CT molecular complexity index is 378. The summed E-state index contributed by atoms with van der Waals surface area (Å²) < 4.78 is 0. The van der Waals surface area contributed by atoms with Crippen molar-refractivity contribution in [2.45, 2.75) is 58.7 Å². The number of carbonyl (C=O) groups excluding carboxylic acids is 1. The summed E-state index contributed by atoms with van der Waals surface area (Å²) in [7, 11) is -1.25. The zero-order chi connectivity index (χ0) is 13.1. The molecule has 17 heavy (non-hydrogen) atoms. The van der Waals surface area contributed by atoms with E-state index in [2.05, 4.69) is 44.6 Å². The Labute approximate surface area is 107 Å². The van der Waals surface area contributed by atoms with Gasteiger partial charge in [-0.1, -0.05) is 33.1 Å². The molecule has 1 aliphatic rings. The van der Waals surface area contributed by atoms with E-state index in [1.807, 2.05) is 0 Å². The van der Waals surface area contributed by atoms with Gasteiger partial charge in [-0.2, -0.15) is 0 Å². The summed E-state index contributed by atoms with van der Waals surface area (Å²) >= 11 is 0. The highest BCUT2D eigenvalue weighted by Crippen LogP contribution is 2.41. The van der Waals surface area contributed by atoms with E-state index in [9.17, 15) is 4.79 Å². The molecule has 2 heteroatoms. The van der Waals surface area contributed by atoms with Crippen LogP contribution in [0.1, 0.15) is 39.0 Å². The molecule has 0 aromatic carbocycles. The standard InChI is InChI=1S/C15H24OSi/c1-13-14(16)9-8-11-15(13,2)10-6-7-12-17(3,4)5/h1,6,8-11H2,2-5H3/t15-/m1/s1. The van der Waals surface area contributed by atoms with Crippen LogP contribution in [0.5, 0.6) is 0 Å². The third-order valence-electron chi connectivity index (χ3n) is 3.46. The second-order valence-corrected chi connectivity index (χ2v) is 11.1. The molecule has 0 N–H and O–H groups in total. The van der Waals surface area contributed by atoms with Crippen LogP contribution in [0.2, 0.25) is 19.6 Å². The van der Waals surface area contributed by atoms with Crippen molar-refractivity contribution in [2.24, 2.45) is 5.41 Å². The molecule has 1 atom stereocenters.